The molecular weight excluding hydrogens is 254 g/mol. The van der Waals surface area contributed by atoms with Crippen LogP contribution in [0.4, 0.5) is 5.95 Å². The second-order valence-corrected chi connectivity index (χ2v) is 4.48. The van der Waals surface area contributed by atoms with Gasteiger partial charge in [-0.1, -0.05) is 6.07 Å². The topological polar surface area (TPSA) is 82.6 Å². The Hall–Kier alpha value is -2.94. The second-order valence-electron chi connectivity index (χ2n) is 4.48. The molecule has 2 aromatic rings. The molecule has 1 amide bonds. The lowest BCUT2D eigenvalue weighted by Crippen LogP contribution is -2.21. The van der Waals surface area contributed by atoms with Gasteiger partial charge >= 0.3 is 0 Å². The van der Waals surface area contributed by atoms with E-state index in [9.17, 15) is 10.1 Å². The van der Waals surface area contributed by atoms with Crippen LogP contribution >= 0.6 is 0 Å². The first-order chi connectivity index (χ1) is 9.60. The molecule has 0 saturated heterocycles. The fourth-order valence-electron chi connectivity index (χ4n) is 2.26. The average molecular weight is 265 g/mol. The molecule has 6 heteroatoms. The van der Waals surface area contributed by atoms with Gasteiger partial charge in [-0.15, -0.1) is 0 Å². The molecule has 0 radical (unpaired) electrons. The fourth-order valence-corrected chi connectivity index (χ4v) is 2.26. The molecule has 0 atom stereocenters. The summed E-state index contributed by atoms with van der Waals surface area (Å²) in [6.07, 6.45) is 0. The summed E-state index contributed by atoms with van der Waals surface area (Å²) in [5.74, 6) is 0.251. The van der Waals surface area contributed by atoms with Gasteiger partial charge in [-0.3, -0.25) is 9.20 Å². The van der Waals surface area contributed by atoms with Crippen molar-refractivity contribution in [3.05, 3.63) is 41.1 Å². The number of anilines is 1. The van der Waals surface area contributed by atoms with E-state index in [0.717, 1.165) is 16.9 Å². The molecule has 98 valence electrons. The van der Waals surface area contributed by atoms with Crippen LogP contribution in [0.15, 0.2) is 35.0 Å². The van der Waals surface area contributed by atoms with E-state index in [1.165, 1.54) is 6.92 Å². The number of nitrogens with zero attached hydrogens (tertiary/aromatic N) is 4. The van der Waals surface area contributed by atoms with Crippen molar-refractivity contribution in [3.63, 3.8) is 0 Å². The van der Waals surface area contributed by atoms with Crippen LogP contribution in [-0.4, -0.2) is 15.3 Å². The molecule has 0 fully saturated rings. The molecule has 0 bridgehead atoms. The minimum atomic E-state index is -0.300. The number of carbonyl (C=O) groups excluding carboxylic acids is 1. The lowest BCUT2D eigenvalue weighted by molar-refractivity contribution is -0.116. The number of nitriles is 1. The van der Waals surface area contributed by atoms with Gasteiger partial charge in [-0.25, -0.2) is 0 Å². The highest BCUT2D eigenvalue weighted by Crippen LogP contribution is 2.26. The van der Waals surface area contributed by atoms with Crippen molar-refractivity contribution in [1.29, 1.82) is 5.26 Å². The summed E-state index contributed by atoms with van der Waals surface area (Å²) in [6.45, 7) is 3.20. The van der Waals surface area contributed by atoms with Crippen molar-refractivity contribution in [3.8, 4) is 6.07 Å². The lowest BCUT2D eigenvalue weighted by Gasteiger charge is -2.20. The monoisotopic (exact) mass is 265 g/mol. The van der Waals surface area contributed by atoms with Crippen LogP contribution in [0.2, 0.25) is 0 Å². The fraction of sp³-hybridized carbons (Fsp3) is 0.143. The molecule has 3 heterocycles. The van der Waals surface area contributed by atoms with Gasteiger partial charge in [-0.2, -0.15) is 15.2 Å². The predicted molar refractivity (Wildman–Crippen MR) is 73.3 cm³/mol. The first-order valence-electron chi connectivity index (χ1n) is 6.06. The molecule has 0 aromatic carbocycles. The zero-order valence-corrected chi connectivity index (χ0v) is 11.0. The maximum Gasteiger partial charge on any atom is 0.244 e. The van der Waals surface area contributed by atoms with Gasteiger partial charge in [-0.05, 0) is 19.1 Å². The molecular formula is C14H11N5O. The van der Waals surface area contributed by atoms with Crippen LogP contribution in [-0.2, 0) is 4.79 Å². The summed E-state index contributed by atoms with van der Waals surface area (Å²) in [5, 5.41) is 12.3. The Morgan fingerprint density at radius 1 is 1.50 bits per heavy atom. The Labute approximate surface area is 114 Å². The van der Waals surface area contributed by atoms with Gasteiger partial charge in [0.2, 0.25) is 11.9 Å². The molecule has 1 aliphatic rings. The van der Waals surface area contributed by atoms with Gasteiger partial charge in [0.05, 0.1) is 16.8 Å². The van der Waals surface area contributed by atoms with Gasteiger partial charge in [0.25, 0.3) is 0 Å². The largest absolute Gasteiger partial charge is 0.328 e. The first kappa shape index (κ1) is 12.1. The number of hydrogen-bond acceptors (Lipinski definition) is 4. The standard InChI is InChI=1S/C14H11N5O/c1-8-11(7-15)12-5-3-4-10-6-13(17-9(2)20)18-14(16-8)19(10)12/h3-6H,1-2H3,(H,16,17,18,20). The Morgan fingerprint density at radius 3 is 3.00 bits per heavy atom. The van der Waals surface area contributed by atoms with Gasteiger partial charge in [0, 0.05) is 18.7 Å². The highest BCUT2D eigenvalue weighted by atomic mass is 16.1. The predicted octanol–water partition coefficient (Wildman–Crippen LogP) is 1.46. The van der Waals surface area contributed by atoms with E-state index in [2.05, 4.69) is 21.4 Å². The van der Waals surface area contributed by atoms with Crippen LogP contribution in [0, 0.1) is 11.3 Å². The third-order valence-electron chi connectivity index (χ3n) is 3.04. The zero-order valence-electron chi connectivity index (χ0n) is 11.0. The van der Waals surface area contributed by atoms with Gasteiger partial charge in [0.15, 0.2) is 5.49 Å². The Morgan fingerprint density at radius 2 is 2.30 bits per heavy atom. The minimum Gasteiger partial charge on any atom is -0.328 e. The average Bonchev–Trinajstić information content (AvgIpc) is 2.38. The van der Waals surface area contributed by atoms with Crippen LogP contribution in [0.5, 0.6) is 0 Å². The molecule has 1 N–H and O–H groups in total. The number of allylic oxidation sites excluding steroid dienone is 2. The van der Waals surface area contributed by atoms with E-state index >= 15 is 0 Å². The highest BCUT2D eigenvalue weighted by molar-refractivity contribution is 5.83. The molecule has 0 saturated carbocycles. The number of nitrogens with one attached hydrogen (secondary N) is 1. The smallest absolute Gasteiger partial charge is 0.244 e. The second kappa shape index (κ2) is 4.31. The number of rotatable bonds is 0. The SMILES string of the molecule is CC(=O)N=c1cc2cccc3n2c(n1)NC(C)=C3C#N. The molecule has 2 aromatic heterocycles. The van der Waals surface area contributed by atoms with E-state index in [1.807, 2.05) is 29.5 Å². The summed E-state index contributed by atoms with van der Waals surface area (Å²) in [4.78, 5) is 19.3. The number of aromatic nitrogens is 2. The number of amides is 1. The molecule has 1 aliphatic heterocycles. The summed E-state index contributed by atoms with van der Waals surface area (Å²) in [6, 6.07) is 9.51. The molecule has 20 heavy (non-hydrogen) atoms. The third kappa shape index (κ3) is 1.77. The van der Waals surface area contributed by atoms with Crippen molar-refractivity contribution in [2.75, 3.05) is 5.32 Å². The summed E-state index contributed by atoms with van der Waals surface area (Å²) in [7, 11) is 0. The Kier molecular flexibility index (Phi) is 2.61. The van der Waals surface area contributed by atoms with E-state index in [0.29, 0.717) is 17.0 Å². The summed E-state index contributed by atoms with van der Waals surface area (Å²) < 4.78 is 1.84. The molecule has 6 nitrogen and oxygen atoms in total. The Balaban J connectivity index is 2.41. The summed E-state index contributed by atoms with van der Waals surface area (Å²) >= 11 is 0. The lowest BCUT2D eigenvalue weighted by atomic mass is 10.1. The number of carbonyl (C=O) groups is 1. The van der Waals surface area contributed by atoms with E-state index in [1.54, 1.807) is 6.07 Å². The van der Waals surface area contributed by atoms with Crippen molar-refractivity contribution >= 4 is 22.9 Å². The van der Waals surface area contributed by atoms with Crippen molar-refractivity contribution < 1.29 is 4.79 Å². The normalized spacial score (nSPS) is 14.2. The molecule has 0 unspecified atom stereocenters. The van der Waals surface area contributed by atoms with Crippen LogP contribution in [0.1, 0.15) is 19.5 Å². The minimum absolute atomic E-state index is 0.300. The first-order valence-corrected chi connectivity index (χ1v) is 6.06. The quantitative estimate of drug-likeness (QED) is 0.781. The molecule has 0 aliphatic carbocycles. The summed E-state index contributed by atoms with van der Waals surface area (Å²) in [5.41, 5.74) is 3.25. The van der Waals surface area contributed by atoms with Gasteiger partial charge in [0.1, 0.15) is 6.07 Å². The van der Waals surface area contributed by atoms with Crippen LogP contribution in [0.25, 0.3) is 11.1 Å². The number of pyridine rings is 1. The van der Waals surface area contributed by atoms with Crippen molar-refractivity contribution in [2.24, 2.45) is 4.99 Å². The van der Waals surface area contributed by atoms with E-state index < -0.39 is 0 Å². The molecule has 3 rings (SSSR count). The molecule has 0 spiro atoms. The van der Waals surface area contributed by atoms with Crippen LogP contribution < -0.4 is 10.8 Å². The van der Waals surface area contributed by atoms with Crippen LogP contribution in [0.3, 0.4) is 0 Å². The third-order valence-corrected chi connectivity index (χ3v) is 3.04. The highest BCUT2D eigenvalue weighted by Gasteiger charge is 2.18. The van der Waals surface area contributed by atoms with Crippen molar-refractivity contribution in [1.82, 2.24) is 9.38 Å². The number of hydrogen-bond donors (Lipinski definition) is 1. The van der Waals surface area contributed by atoms with E-state index in [-0.39, 0.29) is 5.91 Å². The zero-order chi connectivity index (χ0) is 14.3. The van der Waals surface area contributed by atoms with E-state index in [4.69, 9.17) is 0 Å². The van der Waals surface area contributed by atoms with Crippen molar-refractivity contribution in [2.45, 2.75) is 13.8 Å². The maximum absolute atomic E-state index is 11.1. The Bertz CT molecular complexity index is 883. The maximum atomic E-state index is 11.1. The van der Waals surface area contributed by atoms with Gasteiger partial charge < -0.3 is 5.32 Å².